The molecule has 0 radical (unpaired) electrons. The highest BCUT2D eigenvalue weighted by molar-refractivity contribution is 9.10. The Morgan fingerprint density at radius 1 is 1.29 bits per heavy atom. The van der Waals surface area contributed by atoms with Crippen molar-refractivity contribution in [3.05, 3.63) is 34.4 Å². The highest BCUT2D eigenvalue weighted by Gasteiger charge is 2.09. The van der Waals surface area contributed by atoms with E-state index in [1.807, 2.05) is 13.0 Å². The van der Waals surface area contributed by atoms with Gasteiger partial charge in [0, 0.05) is 12.6 Å². The van der Waals surface area contributed by atoms with Crippen molar-refractivity contribution in [1.82, 2.24) is 9.97 Å². The molecular weight excluding hydrogens is 282 g/mol. The molecule has 0 amide bonds. The first-order valence-electron chi connectivity index (χ1n) is 5.13. The molecule has 0 spiro atoms. The van der Waals surface area contributed by atoms with Crippen molar-refractivity contribution >= 4 is 21.7 Å². The van der Waals surface area contributed by atoms with Crippen LogP contribution in [0.5, 0.6) is 5.75 Å². The molecule has 0 unspecified atom stereocenters. The van der Waals surface area contributed by atoms with Gasteiger partial charge in [-0.3, -0.25) is 0 Å². The van der Waals surface area contributed by atoms with Crippen LogP contribution in [0.4, 0.5) is 5.82 Å². The van der Waals surface area contributed by atoms with Crippen LogP contribution in [-0.2, 0) is 0 Å². The maximum absolute atomic E-state index is 9.44. The van der Waals surface area contributed by atoms with Crippen LogP contribution < -0.4 is 5.32 Å². The Hall–Kier alpha value is -1.62. The van der Waals surface area contributed by atoms with E-state index in [9.17, 15) is 5.11 Å². The molecule has 88 valence electrons. The van der Waals surface area contributed by atoms with Gasteiger partial charge in [-0.05, 0) is 35.0 Å². The minimum absolute atomic E-state index is 0.206. The van der Waals surface area contributed by atoms with Crippen LogP contribution in [0, 0.1) is 6.92 Å². The number of aromatic nitrogens is 2. The molecule has 17 heavy (non-hydrogen) atoms. The van der Waals surface area contributed by atoms with E-state index in [1.165, 1.54) is 0 Å². The molecule has 4 nitrogen and oxygen atoms in total. The number of hydrogen-bond acceptors (Lipinski definition) is 4. The molecule has 0 aliphatic heterocycles. The van der Waals surface area contributed by atoms with Gasteiger partial charge in [0.25, 0.3) is 0 Å². The second-order valence-corrected chi connectivity index (χ2v) is 4.39. The van der Waals surface area contributed by atoms with Crippen LogP contribution in [0.3, 0.4) is 0 Å². The number of phenols is 1. The van der Waals surface area contributed by atoms with Gasteiger partial charge in [0.05, 0.1) is 10.2 Å². The third-order valence-electron chi connectivity index (χ3n) is 2.36. The van der Waals surface area contributed by atoms with E-state index in [0.29, 0.717) is 5.82 Å². The van der Waals surface area contributed by atoms with E-state index < -0.39 is 0 Å². The summed E-state index contributed by atoms with van der Waals surface area (Å²) < 4.78 is 0.851. The molecule has 1 aromatic heterocycles. The monoisotopic (exact) mass is 293 g/mol. The van der Waals surface area contributed by atoms with Gasteiger partial charge in [0.1, 0.15) is 11.6 Å². The number of rotatable bonds is 2. The Bertz CT molecular complexity index is 557. The normalized spacial score (nSPS) is 10.3. The standard InChI is InChI=1S/C12H12BrN3O/c1-7-10(13)12(14-2)16-11(15-7)8-4-3-5-9(17)6-8/h3-6,17H,1-2H3,(H,14,15,16). The smallest absolute Gasteiger partial charge is 0.161 e. The van der Waals surface area contributed by atoms with Crippen molar-refractivity contribution in [3.63, 3.8) is 0 Å². The fourth-order valence-electron chi connectivity index (χ4n) is 1.50. The molecule has 0 bridgehead atoms. The zero-order valence-corrected chi connectivity index (χ0v) is 11.1. The Kier molecular flexibility index (Phi) is 3.28. The van der Waals surface area contributed by atoms with E-state index in [0.717, 1.165) is 21.5 Å². The summed E-state index contributed by atoms with van der Waals surface area (Å²) >= 11 is 3.42. The molecule has 0 saturated heterocycles. The van der Waals surface area contributed by atoms with Crippen molar-refractivity contribution < 1.29 is 5.11 Å². The van der Waals surface area contributed by atoms with Gasteiger partial charge in [-0.2, -0.15) is 0 Å². The van der Waals surface area contributed by atoms with Gasteiger partial charge in [0.2, 0.25) is 0 Å². The fraction of sp³-hybridized carbons (Fsp3) is 0.167. The van der Waals surface area contributed by atoms with Crippen molar-refractivity contribution in [1.29, 1.82) is 0 Å². The van der Waals surface area contributed by atoms with Crippen LogP contribution >= 0.6 is 15.9 Å². The highest BCUT2D eigenvalue weighted by atomic mass is 79.9. The molecule has 2 aromatic rings. The lowest BCUT2D eigenvalue weighted by Gasteiger charge is -2.08. The number of nitrogens with one attached hydrogen (secondary N) is 1. The second-order valence-electron chi connectivity index (χ2n) is 3.60. The third kappa shape index (κ3) is 2.39. The van der Waals surface area contributed by atoms with Gasteiger partial charge >= 0.3 is 0 Å². The van der Waals surface area contributed by atoms with Crippen LogP contribution in [0.2, 0.25) is 0 Å². The van der Waals surface area contributed by atoms with Gasteiger partial charge in [-0.1, -0.05) is 12.1 Å². The number of phenolic OH excluding ortho intramolecular Hbond substituents is 1. The van der Waals surface area contributed by atoms with Gasteiger partial charge in [0.15, 0.2) is 5.82 Å². The Morgan fingerprint density at radius 2 is 2.06 bits per heavy atom. The van der Waals surface area contributed by atoms with Crippen molar-refractivity contribution in [2.24, 2.45) is 0 Å². The molecule has 2 rings (SSSR count). The molecule has 2 N–H and O–H groups in total. The Labute approximate surface area is 108 Å². The lowest BCUT2D eigenvalue weighted by molar-refractivity contribution is 0.475. The maximum atomic E-state index is 9.44. The minimum Gasteiger partial charge on any atom is -0.508 e. The Balaban J connectivity index is 2.56. The maximum Gasteiger partial charge on any atom is 0.161 e. The molecular formula is C12H12BrN3O. The molecule has 0 atom stereocenters. The van der Waals surface area contributed by atoms with Crippen LogP contribution in [0.1, 0.15) is 5.69 Å². The summed E-state index contributed by atoms with van der Waals surface area (Å²) in [5, 5.41) is 12.4. The first-order valence-corrected chi connectivity index (χ1v) is 5.92. The lowest BCUT2D eigenvalue weighted by atomic mass is 10.2. The second kappa shape index (κ2) is 4.71. The number of halogens is 1. The summed E-state index contributed by atoms with van der Waals surface area (Å²) in [5.74, 6) is 1.53. The first kappa shape index (κ1) is 11.9. The zero-order chi connectivity index (χ0) is 12.4. The van der Waals surface area contributed by atoms with Gasteiger partial charge in [-0.15, -0.1) is 0 Å². The topological polar surface area (TPSA) is 58.0 Å². The number of aryl methyl sites for hydroxylation is 1. The SMILES string of the molecule is CNc1nc(-c2cccc(O)c2)nc(C)c1Br. The number of nitrogens with zero attached hydrogens (tertiary/aromatic N) is 2. The molecule has 0 saturated carbocycles. The van der Waals surface area contributed by atoms with E-state index in [4.69, 9.17) is 0 Å². The van der Waals surface area contributed by atoms with E-state index in [-0.39, 0.29) is 5.75 Å². The molecule has 1 aromatic carbocycles. The van der Waals surface area contributed by atoms with Crippen LogP contribution in [-0.4, -0.2) is 22.1 Å². The van der Waals surface area contributed by atoms with Gasteiger partial charge in [-0.25, -0.2) is 9.97 Å². The Morgan fingerprint density at radius 3 is 2.71 bits per heavy atom. The predicted octanol–water partition coefficient (Wildman–Crippen LogP) is 2.96. The number of aromatic hydroxyl groups is 1. The molecule has 1 heterocycles. The summed E-state index contributed by atoms with van der Waals surface area (Å²) in [4.78, 5) is 8.77. The summed E-state index contributed by atoms with van der Waals surface area (Å²) in [6.45, 7) is 1.90. The lowest BCUT2D eigenvalue weighted by Crippen LogP contribution is -2.00. The molecule has 0 fully saturated rings. The summed E-state index contributed by atoms with van der Waals surface area (Å²) in [5.41, 5.74) is 1.64. The minimum atomic E-state index is 0.206. The summed E-state index contributed by atoms with van der Waals surface area (Å²) in [6, 6.07) is 6.89. The van der Waals surface area contributed by atoms with Crippen molar-refractivity contribution in [3.8, 4) is 17.1 Å². The molecule has 5 heteroatoms. The van der Waals surface area contributed by atoms with Crippen molar-refractivity contribution in [2.45, 2.75) is 6.92 Å². The predicted molar refractivity (Wildman–Crippen MR) is 71.1 cm³/mol. The van der Waals surface area contributed by atoms with Crippen LogP contribution in [0.25, 0.3) is 11.4 Å². The first-order chi connectivity index (χ1) is 8.11. The zero-order valence-electron chi connectivity index (χ0n) is 9.53. The molecule has 0 aliphatic carbocycles. The summed E-state index contributed by atoms with van der Waals surface area (Å²) in [7, 11) is 1.80. The average molecular weight is 294 g/mol. The number of anilines is 1. The highest BCUT2D eigenvalue weighted by Crippen LogP contribution is 2.27. The van der Waals surface area contributed by atoms with E-state index >= 15 is 0 Å². The van der Waals surface area contributed by atoms with E-state index in [2.05, 4.69) is 31.2 Å². The summed E-state index contributed by atoms with van der Waals surface area (Å²) in [6.07, 6.45) is 0. The largest absolute Gasteiger partial charge is 0.508 e. The van der Waals surface area contributed by atoms with Crippen molar-refractivity contribution in [2.75, 3.05) is 12.4 Å². The molecule has 0 aliphatic rings. The van der Waals surface area contributed by atoms with E-state index in [1.54, 1.807) is 25.2 Å². The quantitative estimate of drug-likeness (QED) is 0.894. The third-order valence-corrected chi connectivity index (χ3v) is 3.31. The van der Waals surface area contributed by atoms with Crippen LogP contribution in [0.15, 0.2) is 28.7 Å². The fourth-order valence-corrected chi connectivity index (χ4v) is 1.87. The number of benzene rings is 1. The number of hydrogen-bond donors (Lipinski definition) is 2. The average Bonchev–Trinajstić information content (AvgIpc) is 2.32. The van der Waals surface area contributed by atoms with Gasteiger partial charge < -0.3 is 10.4 Å².